The van der Waals surface area contributed by atoms with Crippen molar-refractivity contribution in [1.82, 2.24) is 0 Å². The highest BCUT2D eigenvalue weighted by Crippen LogP contribution is 2.52. The number of fused-ring (bicyclic) bond motifs is 4. The zero-order valence-corrected chi connectivity index (χ0v) is 19.5. The van der Waals surface area contributed by atoms with E-state index in [4.69, 9.17) is 27.9 Å². The Labute approximate surface area is 203 Å². The van der Waals surface area contributed by atoms with Crippen LogP contribution in [0.3, 0.4) is 0 Å². The Morgan fingerprint density at radius 1 is 0.879 bits per heavy atom. The molecule has 164 valence electrons. The lowest BCUT2D eigenvalue weighted by Crippen LogP contribution is -2.29. The minimum absolute atomic E-state index is 0.167. The van der Waals surface area contributed by atoms with Gasteiger partial charge in [0.2, 0.25) is 0 Å². The second-order valence-electron chi connectivity index (χ2n) is 8.80. The molecule has 0 fully saturated rings. The summed E-state index contributed by atoms with van der Waals surface area (Å²) in [5, 5.41) is 7.35. The first-order valence-electron chi connectivity index (χ1n) is 11.3. The summed E-state index contributed by atoms with van der Waals surface area (Å²) in [7, 11) is 0. The van der Waals surface area contributed by atoms with E-state index in [0.29, 0.717) is 28.5 Å². The summed E-state index contributed by atoms with van der Waals surface area (Å²) >= 11 is 12.9. The third-order valence-corrected chi connectivity index (χ3v) is 7.74. The molecule has 1 aliphatic heterocycles. The van der Waals surface area contributed by atoms with Crippen LogP contribution >= 0.6 is 23.2 Å². The molecule has 0 saturated heterocycles. The van der Waals surface area contributed by atoms with Crippen molar-refractivity contribution in [3.63, 3.8) is 0 Å². The van der Waals surface area contributed by atoms with Crippen LogP contribution < -0.4 is 10.1 Å². The van der Waals surface area contributed by atoms with Gasteiger partial charge in [0, 0.05) is 5.92 Å². The summed E-state index contributed by atoms with van der Waals surface area (Å²) in [5.41, 5.74) is 4.61. The van der Waals surface area contributed by atoms with Crippen molar-refractivity contribution >= 4 is 39.7 Å². The number of hydrogen-bond acceptors (Lipinski definition) is 2. The molecule has 1 heterocycles. The lowest BCUT2D eigenvalue weighted by Gasteiger charge is -2.38. The number of anilines is 1. The number of halogens is 2. The highest BCUT2D eigenvalue weighted by Gasteiger charge is 2.38. The van der Waals surface area contributed by atoms with Gasteiger partial charge in [-0.1, -0.05) is 96.0 Å². The van der Waals surface area contributed by atoms with E-state index >= 15 is 0 Å². The molecule has 0 bridgehead atoms. The van der Waals surface area contributed by atoms with E-state index in [9.17, 15) is 0 Å². The average Bonchev–Trinajstić information content (AvgIpc) is 3.35. The molecule has 1 aliphatic carbocycles. The van der Waals surface area contributed by atoms with Crippen LogP contribution in [-0.2, 0) is 6.61 Å². The molecule has 0 saturated carbocycles. The Morgan fingerprint density at radius 2 is 1.70 bits per heavy atom. The molecule has 4 aromatic rings. The predicted octanol–water partition coefficient (Wildman–Crippen LogP) is 8.55. The Hall–Kier alpha value is -2.94. The lowest BCUT2D eigenvalue weighted by molar-refractivity contribution is 0.307. The summed E-state index contributed by atoms with van der Waals surface area (Å²) < 4.78 is 6.15. The molecule has 1 N–H and O–H groups in total. The van der Waals surface area contributed by atoms with Gasteiger partial charge in [-0.25, -0.2) is 0 Å². The second-order valence-corrected chi connectivity index (χ2v) is 9.58. The zero-order valence-electron chi connectivity index (χ0n) is 18.0. The minimum Gasteiger partial charge on any atom is -0.489 e. The molecule has 0 spiro atoms. The smallest absolute Gasteiger partial charge is 0.119 e. The van der Waals surface area contributed by atoms with Crippen LogP contribution in [0, 0.1) is 5.92 Å². The van der Waals surface area contributed by atoms with Crippen LogP contribution in [0.1, 0.15) is 35.1 Å². The Kier molecular flexibility index (Phi) is 5.28. The number of hydrogen-bond donors (Lipinski definition) is 1. The van der Waals surface area contributed by atoms with E-state index in [-0.39, 0.29) is 6.04 Å². The van der Waals surface area contributed by atoms with Crippen molar-refractivity contribution in [2.45, 2.75) is 25.0 Å². The molecule has 3 atom stereocenters. The molecule has 0 amide bonds. The first kappa shape index (κ1) is 20.7. The molecule has 0 radical (unpaired) electrons. The van der Waals surface area contributed by atoms with Crippen LogP contribution in [0.2, 0.25) is 10.0 Å². The van der Waals surface area contributed by atoms with Gasteiger partial charge in [-0.3, -0.25) is 0 Å². The molecule has 0 aromatic heterocycles. The topological polar surface area (TPSA) is 21.3 Å². The highest BCUT2D eigenvalue weighted by molar-refractivity contribution is 6.43. The normalized spacial score (nSPS) is 20.8. The molecule has 2 aliphatic rings. The number of rotatable bonds is 4. The third-order valence-electron chi connectivity index (χ3n) is 6.94. The summed E-state index contributed by atoms with van der Waals surface area (Å²) in [5.74, 6) is 1.67. The fourth-order valence-corrected chi connectivity index (χ4v) is 5.67. The fraction of sp³-hybridized carbons (Fsp3) is 0.172. The van der Waals surface area contributed by atoms with Gasteiger partial charge in [-0.15, -0.1) is 0 Å². The largest absolute Gasteiger partial charge is 0.489 e. The molecule has 6 rings (SSSR count). The molecule has 0 unspecified atom stereocenters. The molecule has 4 heteroatoms. The first-order valence-corrected chi connectivity index (χ1v) is 12.0. The van der Waals surface area contributed by atoms with Gasteiger partial charge in [-0.2, -0.15) is 0 Å². The zero-order chi connectivity index (χ0) is 22.4. The van der Waals surface area contributed by atoms with Gasteiger partial charge >= 0.3 is 0 Å². The van der Waals surface area contributed by atoms with Gasteiger partial charge < -0.3 is 10.1 Å². The van der Waals surface area contributed by atoms with Crippen molar-refractivity contribution in [1.29, 1.82) is 0 Å². The van der Waals surface area contributed by atoms with E-state index in [1.54, 1.807) is 0 Å². The highest BCUT2D eigenvalue weighted by atomic mass is 35.5. The summed E-state index contributed by atoms with van der Waals surface area (Å²) in [6.07, 6.45) is 5.63. The summed E-state index contributed by atoms with van der Waals surface area (Å²) in [6, 6.07) is 27.4. The predicted molar refractivity (Wildman–Crippen MR) is 138 cm³/mol. The van der Waals surface area contributed by atoms with Crippen LogP contribution in [0.4, 0.5) is 5.69 Å². The number of benzene rings is 4. The maximum absolute atomic E-state index is 6.58. The van der Waals surface area contributed by atoms with Crippen molar-refractivity contribution < 1.29 is 4.74 Å². The number of ether oxygens (including phenoxy) is 1. The third kappa shape index (κ3) is 3.68. The second kappa shape index (κ2) is 8.44. The maximum atomic E-state index is 6.58. The number of allylic oxidation sites excluding steroid dienone is 2. The summed E-state index contributed by atoms with van der Waals surface area (Å²) in [4.78, 5) is 0. The molecule has 2 nitrogen and oxygen atoms in total. The fourth-order valence-electron chi connectivity index (χ4n) is 5.28. The van der Waals surface area contributed by atoms with Crippen LogP contribution in [0.5, 0.6) is 5.75 Å². The van der Waals surface area contributed by atoms with Gasteiger partial charge in [0.15, 0.2) is 0 Å². The van der Waals surface area contributed by atoms with E-state index in [1.165, 1.54) is 27.5 Å². The van der Waals surface area contributed by atoms with E-state index in [1.807, 2.05) is 6.07 Å². The quantitative estimate of drug-likeness (QED) is 0.301. The van der Waals surface area contributed by atoms with Gasteiger partial charge in [0.05, 0.1) is 21.8 Å². The standard InChI is InChI=1S/C29H23Cl2NO/c30-26-16-15-25-23-9-4-10-24(23)28(32-29(25)27(26)31)19-11-13-21(14-12-19)33-17-20-7-3-6-18-5-1-2-8-22(18)20/h1-9,11-16,23-24,28,32H,10,17H2/t23-,24+,28+/m1/s1. The van der Waals surface area contributed by atoms with E-state index in [2.05, 4.69) is 90.3 Å². The monoisotopic (exact) mass is 471 g/mol. The van der Waals surface area contributed by atoms with E-state index in [0.717, 1.165) is 17.9 Å². The van der Waals surface area contributed by atoms with Crippen molar-refractivity contribution in [3.8, 4) is 5.75 Å². The molecular formula is C29H23Cl2NO. The Morgan fingerprint density at radius 3 is 2.58 bits per heavy atom. The SMILES string of the molecule is Clc1ccc2c(c1Cl)N[C@@H](c1ccc(OCc3cccc4ccccc34)cc1)[C@H]1CC=C[C@@H]21. The average molecular weight is 472 g/mol. The van der Waals surface area contributed by atoms with Crippen LogP contribution in [-0.4, -0.2) is 0 Å². The van der Waals surface area contributed by atoms with Crippen LogP contribution in [0.15, 0.2) is 91.0 Å². The van der Waals surface area contributed by atoms with Crippen molar-refractivity contribution in [3.05, 3.63) is 118 Å². The molecular weight excluding hydrogens is 449 g/mol. The van der Waals surface area contributed by atoms with Gasteiger partial charge in [-0.05, 0) is 58.0 Å². The maximum Gasteiger partial charge on any atom is 0.119 e. The van der Waals surface area contributed by atoms with Crippen LogP contribution in [0.25, 0.3) is 10.8 Å². The molecule has 4 aromatic carbocycles. The Balaban J connectivity index is 1.24. The Bertz CT molecular complexity index is 1360. The van der Waals surface area contributed by atoms with Gasteiger partial charge in [0.25, 0.3) is 0 Å². The minimum atomic E-state index is 0.167. The van der Waals surface area contributed by atoms with Crippen molar-refractivity contribution in [2.24, 2.45) is 5.92 Å². The number of nitrogens with one attached hydrogen (secondary N) is 1. The molecule has 33 heavy (non-hydrogen) atoms. The lowest BCUT2D eigenvalue weighted by atomic mass is 9.77. The first-order chi connectivity index (χ1) is 16.2. The summed E-state index contributed by atoms with van der Waals surface area (Å²) in [6.45, 7) is 0.540. The van der Waals surface area contributed by atoms with Crippen molar-refractivity contribution in [2.75, 3.05) is 5.32 Å². The van der Waals surface area contributed by atoms with E-state index < -0.39 is 0 Å². The van der Waals surface area contributed by atoms with Gasteiger partial charge in [0.1, 0.15) is 12.4 Å².